The molecule has 1 N–H and O–H groups in total. The highest BCUT2D eigenvalue weighted by molar-refractivity contribution is 6.32. The van der Waals surface area contributed by atoms with Crippen molar-refractivity contribution in [3.8, 4) is 17.2 Å². The number of hydrogen-bond acceptors (Lipinski definition) is 5. The van der Waals surface area contributed by atoms with Crippen LogP contribution in [0.15, 0.2) is 60.7 Å². The molecule has 0 bridgehead atoms. The van der Waals surface area contributed by atoms with Crippen molar-refractivity contribution in [3.05, 3.63) is 92.6 Å². The molecule has 180 valence electrons. The van der Waals surface area contributed by atoms with Gasteiger partial charge in [0.1, 0.15) is 29.9 Å². The van der Waals surface area contributed by atoms with Crippen molar-refractivity contribution in [3.63, 3.8) is 0 Å². The van der Waals surface area contributed by atoms with Crippen LogP contribution < -0.4 is 14.8 Å². The summed E-state index contributed by atoms with van der Waals surface area (Å²) in [5.74, 6) is -0.325. The second-order valence-corrected chi connectivity index (χ2v) is 8.77. The van der Waals surface area contributed by atoms with Gasteiger partial charge in [-0.05, 0) is 48.4 Å². The van der Waals surface area contributed by atoms with Gasteiger partial charge >= 0.3 is 5.91 Å². The van der Waals surface area contributed by atoms with Gasteiger partial charge in [-0.3, -0.25) is 4.79 Å². The van der Waals surface area contributed by atoms with Gasteiger partial charge in [-0.15, -0.1) is 4.74 Å². The monoisotopic (exact) mass is 512 g/mol. The number of ether oxygens (including phenoxy) is 2. The molecule has 0 spiro atoms. The van der Waals surface area contributed by atoms with Crippen LogP contribution in [0.3, 0.4) is 0 Å². The van der Waals surface area contributed by atoms with Crippen LogP contribution in [0.1, 0.15) is 33.8 Å². The average molecular weight is 513 g/mol. The van der Waals surface area contributed by atoms with Gasteiger partial charge in [0.05, 0.1) is 11.6 Å². The molecular weight excluding hydrogens is 491 g/mol. The normalized spacial score (nSPS) is 14.4. The number of amides is 2. The maximum absolute atomic E-state index is 12.5. The second kappa shape index (κ2) is 10.8. The summed E-state index contributed by atoms with van der Waals surface area (Å²) in [4.78, 5) is 24.6. The summed E-state index contributed by atoms with van der Waals surface area (Å²) in [6, 6.07) is 17.3. The van der Waals surface area contributed by atoms with E-state index in [-0.39, 0.29) is 22.3 Å². The molecule has 0 radical (unpaired) electrons. The summed E-state index contributed by atoms with van der Waals surface area (Å²) in [6.07, 6.45) is 0.984. The fourth-order valence-corrected chi connectivity index (χ4v) is 4.25. The van der Waals surface area contributed by atoms with Gasteiger partial charge in [0.25, 0.3) is 5.91 Å². The molecule has 2 amide bonds. The van der Waals surface area contributed by atoms with E-state index in [2.05, 4.69) is 12.0 Å². The van der Waals surface area contributed by atoms with E-state index in [4.69, 9.17) is 32.7 Å². The highest BCUT2D eigenvalue weighted by Gasteiger charge is 2.33. The lowest BCUT2D eigenvalue weighted by molar-refractivity contribution is -0.376. The number of rotatable bonds is 7. The van der Waals surface area contributed by atoms with Gasteiger partial charge in [0, 0.05) is 35.2 Å². The van der Waals surface area contributed by atoms with Crippen LogP contribution in [-0.2, 0) is 11.2 Å². The topological polar surface area (TPSA) is 90.7 Å². The highest BCUT2D eigenvalue weighted by Crippen LogP contribution is 2.42. The van der Waals surface area contributed by atoms with E-state index in [9.17, 15) is 14.8 Å². The molecule has 1 heterocycles. The van der Waals surface area contributed by atoms with Crippen LogP contribution in [0.25, 0.3) is 0 Å². The predicted octanol–water partition coefficient (Wildman–Crippen LogP) is 5.36. The Bertz CT molecular complexity index is 1280. The molecular formula is C26H22Cl2N2O5. The van der Waals surface area contributed by atoms with E-state index in [1.165, 1.54) is 0 Å². The Labute approximate surface area is 212 Å². The molecule has 35 heavy (non-hydrogen) atoms. The Balaban J connectivity index is 1.40. The first kappa shape index (κ1) is 24.6. The first-order valence-electron chi connectivity index (χ1n) is 10.9. The maximum atomic E-state index is 12.5. The third kappa shape index (κ3) is 5.75. The Morgan fingerprint density at radius 2 is 1.86 bits per heavy atom. The molecule has 1 aliphatic rings. The number of nitrogens with zero attached hydrogens (tertiary/aromatic N) is 1. The summed E-state index contributed by atoms with van der Waals surface area (Å²) in [7, 11) is 0. The maximum Gasteiger partial charge on any atom is 0.405 e. The lowest BCUT2D eigenvalue weighted by atomic mass is 9.92. The van der Waals surface area contributed by atoms with E-state index >= 15 is 0 Å². The van der Waals surface area contributed by atoms with Crippen LogP contribution in [0.4, 0.5) is 0 Å². The lowest BCUT2D eigenvalue weighted by Gasteiger charge is -2.24. The second-order valence-electron chi connectivity index (χ2n) is 7.95. The number of carbonyl (C=O) groups is 2. The molecule has 1 aliphatic heterocycles. The fraction of sp³-hybridized carbons (Fsp3) is 0.192. The zero-order valence-electron chi connectivity index (χ0n) is 18.6. The van der Waals surface area contributed by atoms with Gasteiger partial charge in [0.2, 0.25) is 0 Å². The molecule has 9 heteroatoms. The Hall–Kier alpha value is -3.55. The summed E-state index contributed by atoms with van der Waals surface area (Å²) in [5.41, 5.74) is 1.97. The zero-order chi connectivity index (χ0) is 24.9. The Kier molecular flexibility index (Phi) is 7.58. The Morgan fingerprint density at radius 3 is 2.57 bits per heavy atom. The quantitative estimate of drug-likeness (QED) is 0.199. The molecule has 0 fully saturated rings. The summed E-state index contributed by atoms with van der Waals surface area (Å²) < 4.78 is 11.6. The van der Waals surface area contributed by atoms with E-state index in [0.717, 1.165) is 5.56 Å². The van der Waals surface area contributed by atoms with Gasteiger partial charge in [0.15, 0.2) is 0 Å². The molecule has 3 aromatic rings. The predicted molar refractivity (Wildman–Crippen MR) is 134 cm³/mol. The summed E-state index contributed by atoms with van der Waals surface area (Å²) in [6.45, 7) is 3.86. The molecule has 0 saturated heterocycles. The largest absolute Gasteiger partial charge is 0.617 e. The molecule has 1 unspecified atom stereocenters. The van der Waals surface area contributed by atoms with Crippen molar-refractivity contribution in [2.75, 3.05) is 13.2 Å². The van der Waals surface area contributed by atoms with E-state index in [0.29, 0.717) is 52.8 Å². The third-order valence-electron chi connectivity index (χ3n) is 5.63. The van der Waals surface area contributed by atoms with Gasteiger partial charge in [-0.25, -0.2) is 4.79 Å². The first-order valence-corrected chi connectivity index (χ1v) is 11.7. The smallest absolute Gasteiger partial charge is 0.405 e. The molecule has 4 rings (SSSR count). The molecule has 7 nitrogen and oxygen atoms in total. The van der Waals surface area contributed by atoms with Crippen molar-refractivity contribution in [1.82, 2.24) is 5.32 Å². The van der Waals surface area contributed by atoms with Crippen molar-refractivity contribution >= 4 is 41.7 Å². The molecule has 1 atom stereocenters. The number of hydrogen-bond donors (Lipinski definition) is 1. The number of benzene rings is 3. The first-order chi connectivity index (χ1) is 16.8. The number of carbonyl (C=O) groups excluding carboxylic acids is 2. The van der Waals surface area contributed by atoms with E-state index in [1.807, 2.05) is 24.3 Å². The van der Waals surface area contributed by atoms with Gasteiger partial charge in [-0.2, -0.15) is 0 Å². The lowest BCUT2D eigenvalue weighted by Crippen LogP contribution is -2.26. The van der Waals surface area contributed by atoms with Gasteiger partial charge < -0.3 is 20.0 Å². The van der Waals surface area contributed by atoms with E-state index < -0.39 is 11.8 Å². The fourth-order valence-electron chi connectivity index (χ4n) is 3.81. The van der Waals surface area contributed by atoms with Crippen LogP contribution in [0, 0.1) is 5.21 Å². The minimum Gasteiger partial charge on any atom is -0.617 e. The number of fused-ring (bicyclic) bond motifs is 1. The van der Waals surface area contributed by atoms with Crippen molar-refractivity contribution < 1.29 is 23.8 Å². The van der Waals surface area contributed by atoms with Crippen LogP contribution in [-0.4, -0.2) is 36.4 Å². The summed E-state index contributed by atoms with van der Waals surface area (Å²) in [5, 5.41) is 15.2. The minimum absolute atomic E-state index is 0.0760. The number of halogens is 2. The van der Waals surface area contributed by atoms with Gasteiger partial charge in [-0.1, -0.05) is 41.4 Å². The highest BCUT2D eigenvalue weighted by atomic mass is 35.5. The molecule has 3 aromatic carbocycles. The zero-order valence-corrected chi connectivity index (χ0v) is 20.1. The van der Waals surface area contributed by atoms with Crippen molar-refractivity contribution in [2.24, 2.45) is 0 Å². The SMILES string of the molecule is C=[N+]([O-])C(=O)C1CCOc2cc(Oc3ccc(C(=O)NCCc4ccccc4Cl)cc3)c(Cl)cc21. The standard InChI is InChI=1S/C26H22Cl2N2O5/c1-30(33)26(32)19-11-13-34-23-15-24(22(28)14-20(19)23)35-18-8-6-17(7-9-18)25(31)29-12-10-16-4-2-3-5-21(16)27/h2-9,14-15,19H,1,10-13H2,(H,29,31). The van der Waals surface area contributed by atoms with E-state index in [1.54, 1.807) is 36.4 Å². The van der Waals surface area contributed by atoms with Crippen LogP contribution in [0.5, 0.6) is 17.2 Å². The van der Waals surface area contributed by atoms with Crippen LogP contribution >= 0.6 is 23.2 Å². The number of hydroxylamine groups is 1. The molecule has 0 aromatic heterocycles. The van der Waals surface area contributed by atoms with Crippen molar-refractivity contribution in [1.29, 1.82) is 0 Å². The van der Waals surface area contributed by atoms with Crippen LogP contribution in [0.2, 0.25) is 10.0 Å². The molecule has 0 saturated carbocycles. The minimum atomic E-state index is -0.670. The Morgan fingerprint density at radius 1 is 1.11 bits per heavy atom. The van der Waals surface area contributed by atoms with Crippen molar-refractivity contribution in [2.45, 2.75) is 18.8 Å². The third-order valence-corrected chi connectivity index (χ3v) is 6.29. The number of nitrogens with one attached hydrogen (secondary N) is 1. The average Bonchev–Trinajstić information content (AvgIpc) is 2.85. The summed E-state index contributed by atoms with van der Waals surface area (Å²) >= 11 is 12.5. The molecule has 0 aliphatic carbocycles.